The SMILES string of the molecule is CN(C)C(CNC(=O)Nc1ccc(Oc2cccc(Br)c2)nc1)c1ccco1. The van der Waals surface area contributed by atoms with Crippen LogP contribution in [0.5, 0.6) is 11.6 Å². The molecule has 0 saturated heterocycles. The Balaban J connectivity index is 1.52. The van der Waals surface area contributed by atoms with Gasteiger partial charge >= 0.3 is 6.03 Å². The number of amides is 2. The van der Waals surface area contributed by atoms with E-state index < -0.39 is 0 Å². The van der Waals surface area contributed by atoms with Crippen LogP contribution in [-0.2, 0) is 0 Å². The van der Waals surface area contributed by atoms with E-state index in [1.54, 1.807) is 24.6 Å². The van der Waals surface area contributed by atoms with Gasteiger partial charge in [-0.1, -0.05) is 22.0 Å². The molecule has 146 valence electrons. The molecule has 2 heterocycles. The van der Waals surface area contributed by atoms with E-state index in [0.717, 1.165) is 10.2 Å². The van der Waals surface area contributed by atoms with Gasteiger partial charge in [0.1, 0.15) is 11.5 Å². The van der Waals surface area contributed by atoms with Crippen LogP contribution in [0.3, 0.4) is 0 Å². The third kappa shape index (κ3) is 5.58. The van der Waals surface area contributed by atoms with Crippen LogP contribution < -0.4 is 15.4 Å². The molecule has 2 amide bonds. The number of carbonyl (C=O) groups excluding carboxylic acids is 1. The number of pyridine rings is 1. The second-order valence-corrected chi connectivity index (χ2v) is 7.19. The van der Waals surface area contributed by atoms with Gasteiger partial charge in [0.25, 0.3) is 0 Å². The lowest BCUT2D eigenvalue weighted by molar-refractivity contribution is 0.233. The molecule has 0 spiro atoms. The molecule has 1 aromatic carbocycles. The van der Waals surface area contributed by atoms with Crippen LogP contribution in [0, 0.1) is 0 Å². The highest BCUT2D eigenvalue weighted by atomic mass is 79.9. The van der Waals surface area contributed by atoms with Crippen LogP contribution in [0.2, 0.25) is 0 Å². The van der Waals surface area contributed by atoms with Gasteiger partial charge in [-0.15, -0.1) is 0 Å². The fourth-order valence-electron chi connectivity index (χ4n) is 2.55. The Labute approximate surface area is 171 Å². The minimum atomic E-state index is -0.319. The number of ether oxygens (including phenoxy) is 1. The van der Waals surface area contributed by atoms with Crippen molar-refractivity contribution in [3.8, 4) is 11.6 Å². The van der Waals surface area contributed by atoms with E-state index in [2.05, 4.69) is 31.5 Å². The van der Waals surface area contributed by atoms with Gasteiger partial charge in [-0.05, 0) is 50.5 Å². The van der Waals surface area contributed by atoms with Gasteiger partial charge in [-0.25, -0.2) is 9.78 Å². The zero-order valence-corrected chi connectivity index (χ0v) is 17.1. The minimum absolute atomic E-state index is 0.0557. The molecule has 2 N–H and O–H groups in total. The zero-order chi connectivity index (χ0) is 19.9. The van der Waals surface area contributed by atoms with Crippen molar-refractivity contribution in [1.29, 1.82) is 0 Å². The van der Waals surface area contributed by atoms with E-state index in [-0.39, 0.29) is 12.1 Å². The lowest BCUT2D eigenvalue weighted by Crippen LogP contribution is -2.36. The lowest BCUT2D eigenvalue weighted by Gasteiger charge is -2.22. The van der Waals surface area contributed by atoms with Crippen molar-refractivity contribution in [2.75, 3.05) is 26.0 Å². The van der Waals surface area contributed by atoms with Crippen LogP contribution in [-0.4, -0.2) is 36.6 Å². The molecule has 0 aliphatic rings. The normalized spacial score (nSPS) is 11.9. The Morgan fingerprint density at radius 2 is 2.11 bits per heavy atom. The Bertz CT molecular complexity index is 898. The van der Waals surface area contributed by atoms with Crippen LogP contribution >= 0.6 is 15.9 Å². The number of aromatic nitrogens is 1. The van der Waals surface area contributed by atoms with Gasteiger partial charge in [0.05, 0.1) is 24.2 Å². The summed E-state index contributed by atoms with van der Waals surface area (Å²) in [5, 5.41) is 5.60. The summed E-state index contributed by atoms with van der Waals surface area (Å²) in [5.74, 6) is 1.91. The molecule has 3 rings (SSSR count). The van der Waals surface area contributed by atoms with Gasteiger partial charge < -0.3 is 19.8 Å². The Hall–Kier alpha value is -2.84. The van der Waals surface area contributed by atoms with Crippen molar-refractivity contribution < 1.29 is 13.9 Å². The predicted octanol–water partition coefficient (Wildman–Crippen LogP) is 4.65. The highest BCUT2D eigenvalue weighted by molar-refractivity contribution is 9.10. The molecule has 0 radical (unpaired) electrons. The Morgan fingerprint density at radius 3 is 2.75 bits per heavy atom. The van der Waals surface area contributed by atoms with E-state index in [1.807, 2.05) is 55.4 Å². The van der Waals surface area contributed by atoms with Gasteiger partial charge in [-0.2, -0.15) is 0 Å². The maximum Gasteiger partial charge on any atom is 0.319 e. The first-order valence-corrected chi connectivity index (χ1v) is 9.45. The maximum atomic E-state index is 12.2. The molecular formula is C20H21BrN4O3. The number of furan rings is 1. The maximum absolute atomic E-state index is 12.2. The Kier molecular flexibility index (Phi) is 6.67. The van der Waals surface area contributed by atoms with E-state index in [0.29, 0.717) is 23.9 Å². The fourth-order valence-corrected chi connectivity index (χ4v) is 2.93. The summed E-state index contributed by atoms with van der Waals surface area (Å²) >= 11 is 3.40. The first kappa shape index (κ1) is 19.9. The standard InChI is InChI=1S/C20H21BrN4O3/c1-25(2)17(18-7-4-10-27-18)13-23-20(26)24-15-8-9-19(22-12-15)28-16-6-3-5-14(21)11-16/h3-12,17H,13H2,1-2H3,(H2,23,24,26). The van der Waals surface area contributed by atoms with Crippen LogP contribution in [0.25, 0.3) is 0 Å². The van der Waals surface area contributed by atoms with Crippen molar-refractivity contribution in [2.45, 2.75) is 6.04 Å². The third-order valence-electron chi connectivity index (χ3n) is 3.96. The zero-order valence-electron chi connectivity index (χ0n) is 15.6. The number of benzene rings is 1. The number of carbonyl (C=O) groups is 1. The van der Waals surface area contributed by atoms with Crippen LogP contribution in [0.1, 0.15) is 11.8 Å². The van der Waals surface area contributed by atoms with E-state index >= 15 is 0 Å². The fraction of sp³-hybridized carbons (Fsp3) is 0.200. The van der Waals surface area contributed by atoms with Crippen molar-refractivity contribution in [3.63, 3.8) is 0 Å². The molecule has 0 aliphatic heterocycles. The molecule has 28 heavy (non-hydrogen) atoms. The van der Waals surface area contributed by atoms with Crippen molar-refractivity contribution in [1.82, 2.24) is 15.2 Å². The quantitative estimate of drug-likeness (QED) is 0.554. The Morgan fingerprint density at radius 1 is 1.25 bits per heavy atom. The summed E-state index contributed by atoms with van der Waals surface area (Å²) in [4.78, 5) is 18.4. The number of hydrogen-bond donors (Lipinski definition) is 2. The highest BCUT2D eigenvalue weighted by Crippen LogP contribution is 2.23. The van der Waals surface area contributed by atoms with Gasteiger partial charge in [0, 0.05) is 17.1 Å². The number of nitrogens with zero attached hydrogens (tertiary/aromatic N) is 2. The number of rotatable bonds is 7. The number of likely N-dealkylation sites (N-methyl/N-ethyl adjacent to an activating group) is 1. The molecule has 0 fully saturated rings. The highest BCUT2D eigenvalue weighted by Gasteiger charge is 2.17. The number of urea groups is 1. The van der Waals surface area contributed by atoms with Crippen molar-refractivity contribution in [2.24, 2.45) is 0 Å². The van der Waals surface area contributed by atoms with Crippen molar-refractivity contribution >= 4 is 27.6 Å². The van der Waals surface area contributed by atoms with Crippen LogP contribution in [0.15, 0.2) is 69.9 Å². The third-order valence-corrected chi connectivity index (χ3v) is 4.46. The molecule has 1 unspecified atom stereocenters. The monoisotopic (exact) mass is 444 g/mol. The first-order valence-electron chi connectivity index (χ1n) is 8.65. The summed E-state index contributed by atoms with van der Waals surface area (Å²) in [6, 6.07) is 14.3. The summed E-state index contributed by atoms with van der Waals surface area (Å²) in [6.07, 6.45) is 3.16. The molecular weight excluding hydrogens is 424 g/mol. The van der Waals surface area contributed by atoms with E-state index in [9.17, 15) is 4.79 Å². The summed E-state index contributed by atoms with van der Waals surface area (Å²) in [7, 11) is 3.86. The van der Waals surface area contributed by atoms with Gasteiger partial charge in [0.2, 0.25) is 5.88 Å². The average molecular weight is 445 g/mol. The van der Waals surface area contributed by atoms with Crippen LogP contribution in [0.4, 0.5) is 10.5 Å². The summed E-state index contributed by atoms with van der Waals surface area (Å²) in [6.45, 7) is 0.407. The van der Waals surface area contributed by atoms with E-state index in [4.69, 9.17) is 9.15 Å². The smallest absolute Gasteiger partial charge is 0.319 e. The van der Waals surface area contributed by atoms with E-state index in [1.165, 1.54) is 0 Å². The molecule has 7 nitrogen and oxygen atoms in total. The van der Waals surface area contributed by atoms with Gasteiger partial charge in [-0.3, -0.25) is 4.90 Å². The molecule has 1 atom stereocenters. The van der Waals surface area contributed by atoms with Crippen molar-refractivity contribution in [3.05, 3.63) is 71.2 Å². The largest absolute Gasteiger partial charge is 0.468 e. The molecule has 0 aliphatic carbocycles. The molecule has 2 aromatic heterocycles. The number of hydrogen-bond acceptors (Lipinski definition) is 5. The average Bonchev–Trinajstić information content (AvgIpc) is 3.18. The molecule has 0 bridgehead atoms. The number of nitrogens with one attached hydrogen (secondary N) is 2. The topological polar surface area (TPSA) is 79.6 Å². The molecule has 8 heteroatoms. The second kappa shape index (κ2) is 9.38. The second-order valence-electron chi connectivity index (χ2n) is 6.27. The minimum Gasteiger partial charge on any atom is -0.468 e. The first-order chi connectivity index (χ1) is 13.5. The lowest BCUT2D eigenvalue weighted by atomic mass is 10.2. The summed E-state index contributed by atoms with van der Waals surface area (Å²) < 4.78 is 12.0. The predicted molar refractivity (Wildman–Crippen MR) is 111 cm³/mol. The number of halogens is 1. The summed E-state index contributed by atoms with van der Waals surface area (Å²) in [5.41, 5.74) is 0.568. The van der Waals surface area contributed by atoms with Gasteiger partial charge in [0.15, 0.2) is 0 Å². The number of anilines is 1. The molecule has 3 aromatic rings. The molecule has 0 saturated carbocycles.